The molecule has 13 heavy (non-hydrogen) atoms. The zero-order valence-corrected chi connectivity index (χ0v) is 7.91. The van der Waals surface area contributed by atoms with E-state index in [1.165, 1.54) is 0 Å². The first-order valence-electron chi connectivity index (χ1n) is 4.88. The lowest BCUT2D eigenvalue weighted by atomic mass is 10.2. The van der Waals surface area contributed by atoms with Crippen LogP contribution >= 0.6 is 0 Å². The first-order chi connectivity index (χ1) is 6.24. The Morgan fingerprint density at radius 1 is 1.46 bits per heavy atom. The smallest absolute Gasteiger partial charge is 0.224 e. The Hall–Kier alpha value is -0.610. The Labute approximate surface area is 78.7 Å². The standard InChI is InChI=1S/C9H18N2O2/c10-8-6-9(13)11(7-8)4-2-1-3-5-12/h8,12H,1-7,10H2. The average Bonchev–Trinajstić information content (AvgIpc) is 2.39. The van der Waals surface area contributed by atoms with Crippen molar-refractivity contribution in [2.24, 2.45) is 5.73 Å². The molecule has 0 aromatic carbocycles. The van der Waals surface area contributed by atoms with E-state index in [2.05, 4.69) is 0 Å². The van der Waals surface area contributed by atoms with Gasteiger partial charge in [0.15, 0.2) is 0 Å². The average molecular weight is 186 g/mol. The fourth-order valence-electron chi connectivity index (χ4n) is 1.61. The Kier molecular flexibility index (Phi) is 4.18. The summed E-state index contributed by atoms with van der Waals surface area (Å²) in [5.74, 6) is 0.177. The van der Waals surface area contributed by atoms with Crippen LogP contribution < -0.4 is 5.73 Å². The number of hydrogen-bond acceptors (Lipinski definition) is 3. The highest BCUT2D eigenvalue weighted by atomic mass is 16.2. The van der Waals surface area contributed by atoms with E-state index in [4.69, 9.17) is 10.8 Å². The van der Waals surface area contributed by atoms with E-state index < -0.39 is 0 Å². The maximum absolute atomic E-state index is 11.2. The van der Waals surface area contributed by atoms with Gasteiger partial charge in [-0.3, -0.25) is 4.79 Å². The highest BCUT2D eigenvalue weighted by Gasteiger charge is 2.25. The third-order valence-corrected chi connectivity index (χ3v) is 2.33. The largest absolute Gasteiger partial charge is 0.396 e. The van der Waals surface area contributed by atoms with Gasteiger partial charge in [-0.1, -0.05) is 0 Å². The number of rotatable bonds is 5. The third kappa shape index (κ3) is 3.32. The zero-order valence-electron chi connectivity index (χ0n) is 7.91. The van der Waals surface area contributed by atoms with Crippen molar-refractivity contribution >= 4 is 5.91 Å². The number of nitrogens with zero attached hydrogens (tertiary/aromatic N) is 1. The van der Waals surface area contributed by atoms with Crippen molar-refractivity contribution in [3.63, 3.8) is 0 Å². The van der Waals surface area contributed by atoms with Gasteiger partial charge in [-0.25, -0.2) is 0 Å². The minimum Gasteiger partial charge on any atom is -0.396 e. The SMILES string of the molecule is NC1CC(=O)N(CCCCCO)C1. The number of aliphatic hydroxyl groups is 1. The van der Waals surface area contributed by atoms with Gasteiger partial charge in [-0.05, 0) is 19.3 Å². The Bertz CT molecular complexity index is 173. The summed E-state index contributed by atoms with van der Waals surface area (Å²) in [6, 6.07) is 0.0327. The Morgan fingerprint density at radius 3 is 2.77 bits per heavy atom. The van der Waals surface area contributed by atoms with Crippen LogP contribution in [0.3, 0.4) is 0 Å². The van der Waals surface area contributed by atoms with Crippen LogP contribution in [0.1, 0.15) is 25.7 Å². The third-order valence-electron chi connectivity index (χ3n) is 2.33. The number of likely N-dealkylation sites (tertiary alicyclic amines) is 1. The molecule has 0 saturated carbocycles. The molecule has 1 unspecified atom stereocenters. The summed E-state index contributed by atoms with van der Waals surface area (Å²) in [6.07, 6.45) is 3.28. The molecule has 4 heteroatoms. The summed E-state index contributed by atoms with van der Waals surface area (Å²) < 4.78 is 0. The monoisotopic (exact) mass is 186 g/mol. The molecular weight excluding hydrogens is 168 g/mol. The minimum absolute atomic E-state index is 0.0327. The number of carbonyl (C=O) groups is 1. The van der Waals surface area contributed by atoms with Crippen molar-refractivity contribution in [3.05, 3.63) is 0 Å². The molecule has 1 fully saturated rings. The minimum atomic E-state index is 0.0327. The fraction of sp³-hybridized carbons (Fsp3) is 0.889. The van der Waals surface area contributed by atoms with Gasteiger partial charge in [-0.15, -0.1) is 0 Å². The van der Waals surface area contributed by atoms with Crippen molar-refractivity contribution in [1.29, 1.82) is 0 Å². The van der Waals surface area contributed by atoms with Gasteiger partial charge in [0.2, 0.25) is 5.91 Å². The maximum Gasteiger partial charge on any atom is 0.224 e. The summed E-state index contributed by atoms with van der Waals surface area (Å²) >= 11 is 0. The lowest BCUT2D eigenvalue weighted by Gasteiger charge is -2.15. The summed E-state index contributed by atoms with van der Waals surface area (Å²) in [5.41, 5.74) is 5.64. The van der Waals surface area contributed by atoms with Crippen molar-refractivity contribution in [3.8, 4) is 0 Å². The van der Waals surface area contributed by atoms with Crippen LogP contribution in [0.5, 0.6) is 0 Å². The van der Waals surface area contributed by atoms with Crippen LogP contribution in [-0.2, 0) is 4.79 Å². The van der Waals surface area contributed by atoms with Crippen LogP contribution in [0.4, 0.5) is 0 Å². The molecule has 1 saturated heterocycles. The normalized spacial score (nSPS) is 22.8. The molecule has 0 aromatic rings. The van der Waals surface area contributed by atoms with E-state index in [0.717, 1.165) is 25.8 Å². The Morgan fingerprint density at radius 2 is 2.23 bits per heavy atom. The van der Waals surface area contributed by atoms with E-state index in [1.807, 2.05) is 4.90 Å². The molecule has 1 amide bonds. The van der Waals surface area contributed by atoms with Crippen molar-refractivity contribution in [1.82, 2.24) is 4.90 Å². The lowest BCUT2D eigenvalue weighted by molar-refractivity contribution is -0.127. The summed E-state index contributed by atoms with van der Waals surface area (Å²) in [4.78, 5) is 13.1. The van der Waals surface area contributed by atoms with Gasteiger partial charge in [-0.2, -0.15) is 0 Å². The molecule has 1 aliphatic heterocycles. The second kappa shape index (κ2) is 5.19. The Balaban J connectivity index is 2.11. The highest BCUT2D eigenvalue weighted by molar-refractivity contribution is 5.79. The summed E-state index contributed by atoms with van der Waals surface area (Å²) in [5, 5.41) is 8.55. The van der Waals surface area contributed by atoms with Gasteiger partial charge in [0.25, 0.3) is 0 Å². The summed E-state index contributed by atoms with van der Waals surface area (Å²) in [7, 11) is 0. The van der Waals surface area contributed by atoms with Crippen LogP contribution in [-0.4, -0.2) is 41.7 Å². The number of unbranched alkanes of at least 4 members (excludes halogenated alkanes) is 2. The van der Waals surface area contributed by atoms with E-state index in [-0.39, 0.29) is 18.6 Å². The molecule has 0 radical (unpaired) electrons. The molecule has 0 aliphatic carbocycles. The molecule has 1 heterocycles. The molecule has 1 rings (SSSR count). The highest BCUT2D eigenvalue weighted by Crippen LogP contribution is 2.10. The number of hydrogen-bond donors (Lipinski definition) is 2. The molecule has 1 atom stereocenters. The second-order valence-corrected chi connectivity index (χ2v) is 3.59. The van der Waals surface area contributed by atoms with Crippen LogP contribution in [0.2, 0.25) is 0 Å². The van der Waals surface area contributed by atoms with E-state index >= 15 is 0 Å². The molecule has 3 N–H and O–H groups in total. The van der Waals surface area contributed by atoms with Crippen LogP contribution in [0, 0.1) is 0 Å². The van der Waals surface area contributed by atoms with Crippen LogP contribution in [0.25, 0.3) is 0 Å². The number of amides is 1. The predicted molar refractivity (Wildman–Crippen MR) is 50.1 cm³/mol. The molecule has 76 valence electrons. The summed E-state index contributed by atoms with van der Waals surface area (Å²) in [6.45, 7) is 1.75. The second-order valence-electron chi connectivity index (χ2n) is 3.59. The topological polar surface area (TPSA) is 66.6 Å². The molecule has 1 aliphatic rings. The van der Waals surface area contributed by atoms with E-state index in [0.29, 0.717) is 13.0 Å². The number of aliphatic hydroxyl groups excluding tert-OH is 1. The van der Waals surface area contributed by atoms with Gasteiger partial charge in [0, 0.05) is 32.2 Å². The molecule has 4 nitrogen and oxygen atoms in total. The molecule has 0 aromatic heterocycles. The van der Waals surface area contributed by atoms with Gasteiger partial charge >= 0.3 is 0 Å². The van der Waals surface area contributed by atoms with Crippen molar-refractivity contribution in [2.75, 3.05) is 19.7 Å². The van der Waals surface area contributed by atoms with Crippen molar-refractivity contribution < 1.29 is 9.90 Å². The number of nitrogens with two attached hydrogens (primary N) is 1. The number of carbonyl (C=O) groups excluding carboxylic acids is 1. The zero-order chi connectivity index (χ0) is 9.68. The molecule has 0 spiro atoms. The van der Waals surface area contributed by atoms with E-state index in [9.17, 15) is 4.79 Å². The maximum atomic E-state index is 11.2. The first kappa shape index (κ1) is 10.5. The van der Waals surface area contributed by atoms with Gasteiger partial charge in [0.1, 0.15) is 0 Å². The van der Waals surface area contributed by atoms with E-state index in [1.54, 1.807) is 0 Å². The van der Waals surface area contributed by atoms with Crippen molar-refractivity contribution in [2.45, 2.75) is 31.7 Å². The van der Waals surface area contributed by atoms with Gasteiger partial charge < -0.3 is 15.7 Å². The van der Waals surface area contributed by atoms with Gasteiger partial charge in [0.05, 0.1) is 0 Å². The first-order valence-corrected chi connectivity index (χ1v) is 4.88. The predicted octanol–water partition coefficient (Wildman–Crippen LogP) is -0.291. The lowest BCUT2D eigenvalue weighted by Crippen LogP contribution is -2.29. The van der Waals surface area contributed by atoms with Crippen LogP contribution in [0.15, 0.2) is 0 Å². The molecule has 0 bridgehead atoms. The fourth-order valence-corrected chi connectivity index (χ4v) is 1.61. The molecular formula is C9H18N2O2. The quantitative estimate of drug-likeness (QED) is 0.580.